The molecule has 2 atom stereocenters. The molecule has 17 heavy (non-hydrogen) atoms. The summed E-state index contributed by atoms with van der Waals surface area (Å²) in [5.41, 5.74) is 0.526. The van der Waals surface area contributed by atoms with E-state index < -0.39 is 0 Å². The largest absolute Gasteiger partial charge is 0.313 e. The van der Waals surface area contributed by atoms with Gasteiger partial charge in [0.25, 0.3) is 0 Å². The third-order valence-electron chi connectivity index (χ3n) is 5.43. The maximum absolute atomic E-state index is 3.78. The molecule has 0 spiro atoms. The molecular weight excluding hydrogens is 206 g/mol. The zero-order valence-electron chi connectivity index (χ0n) is 12.3. The maximum Gasteiger partial charge on any atom is 0.0124 e. The van der Waals surface area contributed by atoms with E-state index >= 15 is 0 Å². The summed E-state index contributed by atoms with van der Waals surface area (Å²) in [7, 11) is 0. The highest BCUT2D eigenvalue weighted by Gasteiger charge is 2.36. The van der Waals surface area contributed by atoms with Crippen molar-refractivity contribution in [3.05, 3.63) is 0 Å². The Hall–Kier alpha value is -0.0400. The lowest BCUT2D eigenvalue weighted by atomic mass is 9.67. The molecule has 0 aromatic heterocycles. The van der Waals surface area contributed by atoms with Gasteiger partial charge in [-0.2, -0.15) is 0 Å². The zero-order chi connectivity index (χ0) is 12.5. The molecule has 0 radical (unpaired) electrons. The van der Waals surface area contributed by atoms with Crippen LogP contribution in [0.2, 0.25) is 0 Å². The standard InChI is InChI=1S/C16H31N/c1-5-12-10-11-17-15(12)13-6-8-14(9-7-13)16(2,3)4/h12-15,17H,5-11H2,1-4H3. The van der Waals surface area contributed by atoms with Crippen LogP contribution in [-0.2, 0) is 0 Å². The Bertz CT molecular complexity index is 232. The predicted molar refractivity (Wildman–Crippen MR) is 75.1 cm³/mol. The van der Waals surface area contributed by atoms with Gasteiger partial charge in [0.05, 0.1) is 0 Å². The van der Waals surface area contributed by atoms with Crippen molar-refractivity contribution in [2.75, 3.05) is 6.54 Å². The lowest BCUT2D eigenvalue weighted by molar-refractivity contribution is 0.126. The normalized spacial score (nSPS) is 39.5. The number of hydrogen-bond donors (Lipinski definition) is 1. The second-order valence-electron chi connectivity index (χ2n) is 7.41. The molecule has 0 aromatic carbocycles. The second-order valence-corrected chi connectivity index (χ2v) is 7.41. The van der Waals surface area contributed by atoms with Crippen LogP contribution in [0.1, 0.15) is 66.2 Å². The first-order valence-corrected chi connectivity index (χ1v) is 7.75. The van der Waals surface area contributed by atoms with E-state index in [-0.39, 0.29) is 0 Å². The Morgan fingerprint density at radius 2 is 1.65 bits per heavy atom. The first-order valence-electron chi connectivity index (χ1n) is 7.75. The Kier molecular flexibility index (Phi) is 4.18. The van der Waals surface area contributed by atoms with Crippen molar-refractivity contribution in [2.45, 2.75) is 72.3 Å². The van der Waals surface area contributed by atoms with Crippen LogP contribution in [0.3, 0.4) is 0 Å². The van der Waals surface area contributed by atoms with Crippen LogP contribution in [0.5, 0.6) is 0 Å². The summed E-state index contributed by atoms with van der Waals surface area (Å²) in [4.78, 5) is 0. The van der Waals surface area contributed by atoms with Crippen LogP contribution in [0, 0.1) is 23.2 Å². The van der Waals surface area contributed by atoms with Crippen molar-refractivity contribution in [3.8, 4) is 0 Å². The first-order chi connectivity index (χ1) is 8.02. The molecule has 1 saturated heterocycles. The average Bonchev–Trinajstić information content (AvgIpc) is 2.76. The Labute approximate surface area is 108 Å². The Morgan fingerprint density at radius 1 is 1.00 bits per heavy atom. The molecule has 1 N–H and O–H groups in total. The van der Waals surface area contributed by atoms with Crippen LogP contribution < -0.4 is 5.32 Å². The highest BCUT2D eigenvalue weighted by Crippen LogP contribution is 2.42. The van der Waals surface area contributed by atoms with E-state index in [1.165, 1.54) is 45.1 Å². The van der Waals surface area contributed by atoms with Crippen LogP contribution in [0.25, 0.3) is 0 Å². The van der Waals surface area contributed by atoms with E-state index in [1.54, 1.807) is 0 Å². The Morgan fingerprint density at radius 3 is 2.18 bits per heavy atom. The number of hydrogen-bond acceptors (Lipinski definition) is 1. The van der Waals surface area contributed by atoms with Crippen molar-refractivity contribution in [1.82, 2.24) is 5.32 Å². The molecule has 1 nitrogen and oxygen atoms in total. The minimum absolute atomic E-state index is 0.526. The van der Waals surface area contributed by atoms with Gasteiger partial charge in [0, 0.05) is 6.04 Å². The van der Waals surface area contributed by atoms with E-state index in [2.05, 4.69) is 33.0 Å². The van der Waals surface area contributed by atoms with Gasteiger partial charge in [-0.3, -0.25) is 0 Å². The van der Waals surface area contributed by atoms with E-state index in [9.17, 15) is 0 Å². The molecule has 1 saturated carbocycles. The number of rotatable bonds is 2. The third-order valence-corrected chi connectivity index (χ3v) is 5.43. The summed E-state index contributed by atoms with van der Waals surface area (Å²) in [6.07, 6.45) is 8.65. The highest BCUT2D eigenvalue weighted by atomic mass is 15.0. The molecule has 1 aliphatic carbocycles. The van der Waals surface area contributed by atoms with E-state index in [0.29, 0.717) is 5.41 Å². The van der Waals surface area contributed by atoms with E-state index in [1.807, 2.05) is 0 Å². The van der Waals surface area contributed by atoms with Gasteiger partial charge in [0.1, 0.15) is 0 Å². The van der Waals surface area contributed by atoms with E-state index in [4.69, 9.17) is 0 Å². The molecule has 0 amide bonds. The van der Waals surface area contributed by atoms with Crippen molar-refractivity contribution in [3.63, 3.8) is 0 Å². The molecule has 2 fully saturated rings. The molecule has 0 aromatic rings. The zero-order valence-corrected chi connectivity index (χ0v) is 12.3. The van der Waals surface area contributed by atoms with Gasteiger partial charge < -0.3 is 5.32 Å². The van der Waals surface area contributed by atoms with Gasteiger partial charge in [-0.05, 0) is 61.8 Å². The summed E-state index contributed by atoms with van der Waals surface area (Å²) < 4.78 is 0. The van der Waals surface area contributed by atoms with Gasteiger partial charge in [-0.25, -0.2) is 0 Å². The lowest BCUT2D eigenvalue weighted by Gasteiger charge is -2.40. The fourth-order valence-electron chi connectivity index (χ4n) is 4.14. The Balaban J connectivity index is 1.86. The maximum atomic E-state index is 3.78. The van der Waals surface area contributed by atoms with Crippen LogP contribution in [0.4, 0.5) is 0 Å². The van der Waals surface area contributed by atoms with Gasteiger partial charge in [0.2, 0.25) is 0 Å². The average molecular weight is 237 g/mol. The quantitative estimate of drug-likeness (QED) is 0.758. The van der Waals surface area contributed by atoms with Gasteiger partial charge in [-0.1, -0.05) is 34.1 Å². The van der Waals surface area contributed by atoms with Gasteiger partial charge in [-0.15, -0.1) is 0 Å². The molecule has 1 heterocycles. The predicted octanol–water partition coefficient (Wildman–Crippen LogP) is 4.23. The summed E-state index contributed by atoms with van der Waals surface area (Å²) in [5, 5.41) is 3.78. The fraction of sp³-hybridized carbons (Fsp3) is 1.00. The molecule has 2 rings (SSSR count). The number of nitrogens with one attached hydrogen (secondary N) is 1. The minimum Gasteiger partial charge on any atom is -0.313 e. The fourth-order valence-corrected chi connectivity index (χ4v) is 4.14. The van der Waals surface area contributed by atoms with Crippen molar-refractivity contribution < 1.29 is 0 Å². The van der Waals surface area contributed by atoms with Crippen molar-refractivity contribution >= 4 is 0 Å². The molecule has 1 heteroatoms. The molecule has 2 unspecified atom stereocenters. The van der Waals surface area contributed by atoms with Crippen molar-refractivity contribution in [1.29, 1.82) is 0 Å². The SMILES string of the molecule is CCC1CCNC1C1CCC(C(C)(C)C)CC1. The van der Waals surface area contributed by atoms with Crippen LogP contribution in [-0.4, -0.2) is 12.6 Å². The minimum atomic E-state index is 0.526. The first kappa shape index (κ1) is 13.4. The summed E-state index contributed by atoms with van der Waals surface area (Å²) in [6, 6.07) is 0.848. The topological polar surface area (TPSA) is 12.0 Å². The third kappa shape index (κ3) is 3.05. The summed E-state index contributed by atoms with van der Waals surface area (Å²) in [5.74, 6) is 2.90. The second kappa shape index (κ2) is 5.30. The lowest BCUT2D eigenvalue weighted by Crippen LogP contribution is -2.38. The van der Waals surface area contributed by atoms with Crippen LogP contribution >= 0.6 is 0 Å². The summed E-state index contributed by atoms with van der Waals surface area (Å²) >= 11 is 0. The van der Waals surface area contributed by atoms with E-state index in [0.717, 1.165) is 23.8 Å². The monoisotopic (exact) mass is 237 g/mol. The highest BCUT2D eigenvalue weighted by molar-refractivity contribution is 4.91. The van der Waals surface area contributed by atoms with Gasteiger partial charge in [0.15, 0.2) is 0 Å². The molecule has 100 valence electrons. The molecule has 2 aliphatic rings. The molecule has 1 aliphatic heterocycles. The smallest absolute Gasteiger partial charge is 0.0124 e. The van der Waals surface area contributed by atoms with Gasteiger partial charge >= 0.3 is 0 Å². The van der Waals surface area contributed by atoms with Crippen molar-refractivity contribution in [2.24, 2.45) is 23.2 Å². The molecule has 0 bridgehead atoms. The summed E-state index contributed by atoms with van der Waals surface area (Å²) in [6.45, 7) is 10.9. The molecular formula is C16H31N. The van der Waals surface area contributed by atoms with Crippen LogP contribution in [0.15, 0.2) is 0 Å².